The first-order chi connectivity index (χ1) is 12.4. The lowest BCUT2D eigenvalue weighted by Gasteiger charge is -2.12. The predicted molar refractivity (Wildman–Crippen MR) is 102 cm³/mol. The van der Waals surface area contributed by atoms with Crippen LogP contribution in [0.15, 0.2) is 12.1 Å². The molecule has 1 aromatic carbocycles. The number of carbonyl (C=O) groups excluding carboxylic acids is 1. The average Bonchev–Trinajstić information content (AvgIpc) is 3.10. The van der Waals surface area contributed by atoms with E-state index >= 15 is 0 Å². The zero-order valence-corrected chi connectivity index (χ0v) is 16.1. The first kappa shape index (κ1) is 18.5. The first-order valence-corrected chi connectivity index (χ1v) is 8.82. The van der Waals surface area contributed by atoms with Gasteiger partial charge in [0.1, 0.15) is 5.69 Å². The van der Waals surface area contributed by atoms with Gasteiger partial charge in [-0.05, 0) is 50.5 Å². The molecule has 2 heterocycles. The molecule has 0 fully saturated rings. The zero-order chi connectivity index (χ0) is 19.0. The maximum Gasteiger partial charge on any atom is 0.354 e. The van der Waals surface area contributed by atoms with Crippen LogP contribution in [0.1, 0.15) is 33.7 Å². The van der Waals surface area contributed by atoms with Crippen molar-refractivity contribution in [2.45, 2.75) is 33.7 Å². The van der Waals surface area contributed by atoms with Gasteiger partial charge in [0.05, 0.1) is 23.5 Å². The minimum Gasteiger partial charge on any atom is -0.464 e. The molecule has 2 N–H and O–H groups in total. The highest BCUT2D eigenvalue weighted by Gasteiger charge is 2.23. The first-order valence-electron chi connectivity index (χ1n) is 8.45. The van der Waals surface area contributed by atoms with Gasteiger partial charge in [-0.25, -0.2) is 4.79 Å². The summed E-state index contributed by atoms with van der Waals surface area (Å²) in [6.07, 6.45) is 0.598. The number of ether oxygens (including phenoxy) is 1. The van der Waals surface area contributed by atoms with Crippen LogP contribution in [0.2, 0.25) is 5.02 Å². The Kier molecular flexibility index (Phi) is 5.07. The van der Waals surface area contributed by atoms with Crippen LogP contribution in [0, 0.1) is 20.8 Å². The number of benzene rings is 1. The molecule has 0 saturated heterocycles. The number of hydrogen-bond acceptors (Lipinski definition) is 4. The SMILES string of the molecule is COC(=O)c1[nH]c2ccc(Cl)c(-c3c(C)c(C)nn3CCCO)c2c1C. The third-order valence-electron chi connectivity index (χ3n) is 4.75. The Morgan fingerprint density at radius 1 is 1.31 bits per heavy atom. The number of hydrogen-bond donors (Lipinski definition) is 2. The number of halogens is 1. The topological polar surface area (TPSA) is 80.1 Å². The van der Waals surface area contributed by atoms with Gasteiger partial charge in [-0.2, -0.15) is 5.10 Å². The van der Waals surface area contributed by atoms with E-state index in [1.165, 1.54) is 7.11 Å². The highest BCUT2D eigenvalue weighted by molar-refractivity contribution is 6.35. The Morgan fingerprint density at radius 2 is 2.04 bits per heavy atom. The molecule has 138 valence electrons. The van der Waals surface area contributed by atoms with E-state index in [9.17, 15) is 9.90 Å². The second-order valence-electron chi connectivity index (χ2n) is 6.32. The van der Waals surface area contributed by atoms with Gasteiger partial charge < -0.3 is 14.8 Å². The van der Waals surface area contributed by atoms with Gasteiger partial charge >= 0.3 is 5.97 Å². The molecule has 2 aromatic heterocycles. The van der Waals surface area contributed by atoms with Crippen LogP contribution in [0.4, 0.5) is 0 Å². The van der Waals surface area contributed by atoms with Crippen molar-refractivity contribution in [3.8, 4) is 11.3 Å². The van der Waals surface area contributed by atoms with Crippen molar-refractivity contribution in [1.82, 2.24) is 14.8 Å². The van der Waals surface area contributed by atoms with Gasteiger partial charge in [0.2, 0.25) is 0 Å². The number of fused-ring (bicyclic) bond motifs is 1. The number of aryl methyl sites for hydroxylation is 3. The number of esters is 1. The van der Waals surface area contributed by atoms with Gasteiger partial charge in [0.15, 0.2) is 0 Å². The van der Waals surface area contributed by atoms with E-state index in [2.05, 4.69) is 10.1 Å². The number of H-pyrrole nitrogens is 1. The van der Waals surface area contributed by atoms with Crippen molar-refractivity contribution in [3.63, 3.8) is 0 Å². The minimum absolute atomic E-state index is 0.0883. The summed E-state index contributed by atoms with van der Waals surface area (Å²) in [7, 11) is 1.36. The van der Waals surface area contributed by atoms with E-state index in [-0.39, 0.29) is 6.61 Å². The molecule has 0 saturated carbocycles. The van der Waals surface area contributed by atoms with E-state index in [1.54, 1.807) is 0 Å². The zero-order valence-electron chi connectivity index (χ0n) is 15.3. The largest absolute Gasteiger partial charge is 0.464 e. The highest BCUT2D eigenvalue weighted by Crippen LogP contribution is 2.40. The number of aromatic amines is 1. The van der Waals surface area contributed by atoms with Crippen molar-refractivity contribution in [1.29, 1.82) is 0 Å². The van der Waals surface area contributed by atoms with E-state index in [1.807, 2.05) is 37.6 Å². The Hall–Kier alpha value is -2.31. The third kappa shape index (κ3) is 2.89. The number of aliphatic hydroxyl groups excluding tert-OH is 1. The van der Waals surface area contributed by atoms with Crippen LogP contribution < -0.4 is 0 Å². The summed E-state index contributed by atoms with van der Waals surface area (Å²) in [5, 5.41) is 15.3. The van der Waals surface area contributed by atoms with Crippen LogP contribution >= 0.6 is 11.6 Å². The lowest BCUT2D eigenvalue weighted by molar-refractivity contribution is 0.0594. The fourth-order valence-corrected chi connectivity index (χ4v) is 3.58. The summed E-state index contributed by atoms with van der Waals surface area (Å²) in [6.45, 7) is 6.50. The summed E-state index contributed by atoms with van der Waals surface area (Å²) < 4.78 is 6.76. The fraction of sp³-hybridized carbons (Fsp3) is 0.368. The molecule has 0 unspecified atom stereocenters. The molecule has 0 spiro atoms. The Balaban J connectivity index is 2.34. The molecular weight excluding hydrogens is 354 g/mol. The average molecular weight is 376 g/mol. The molecule has 0 amide bonds. The normalized spacial score (nSPS) is 11.3. The number of nitrogens with one attached hydrogen (secondary N) is 1. The van der Waals surface area contributed by atoms with Crippen molar-refractivity contribution in [3.05, 3.63) is 39.7 Å². The molecule has 0 atom stereocenters. The Bertz CT molecular complexity index is 988. The molecule has 3 aromatic rings. The van der Waals surface area contributed by atoms with Crippen LogP contribution in [0.25, 0.3) is 22.2 Å². The minimum atomic E-state index is -0.414. The molecule has 0 bridgehead atoms. The Morgan fingerprint density at radius 3 is 2.69 bits per heavy atom. The lowest BCUT2D eigenvalue weighted by Crippen LogP contribution is -2.05. The maximum atomic E-state index is 12.1. The molecule has 7 heteroatoms. The quantitative estimate of drug-likeness (QED) is 0.665. The molecule has 6 nitrogen and oxygen atoms in total. The van der Waals surface area contributed by atoms with Crippen LogP contribution in [0.3, 0.4) is 0 Å². The summed E-state index contributed by atoms with van der Waals surface area (Å²) in [4.78, 5) is 15.2. The lowest BCUT2D eigenvalue weighted by atomic mass is 9.99. The second kappa shape index (κ2) is 7.13. The highest BCUT2D eigenvalue weighted by atomic mass is 35.5. The second-order valence-corrected chi connectivity index (χ2v) is 6.73. The summed E-state index contributed by atoms with van der Waals surface area (Å²) in [5.41, 5.74) is 5.70. The van der Waals surface area contributed by atoms with Crippen LogP contribution in [-0.2, 0) is 11.3 Å². The van der Waals surface area contributed by atoms with E-state index in [4.69, 9.17) is 16.3 Å². The van der Waals surface area contributed by atoms with Gasteiger partial charge in [0.25, 0.3) is 0 Å². The van der Waals surface area contributed by atoms with Crippen molar-refractivity contribution >= 4 is 28.5 Å². The molecule has 0 aliphatic rings. The number of carbonyl (C=O) groups is 1. The van der Waals surface area contributed by atoms with Gasteiger partial charge in [-0.15, -0.1) is 0 Å². The number of methoxy groups -OCH3 is 1. The molecule has 0 aliphatic heterocycles. The number of aliphatic hydroxyl groups is 1. The Labute approximate surface area is 156 Å². The smallest absolute Gasteiger partial charge is 0.354 e. The molecule has 26 heavy (non-hydrogen) atoms. The van der Waals surface area contributed by atoms with Gasteiger partial charge in [0, 0.05) is 29.6 Å². The van der Waals surface area contributed by atoms with Crippen molar-refractivity contribution < 1.29 is 14.6 Å². The van der Waals surface area contributed by atoms with Gasteiger partial charge in [-0.1, -0.05) is 11.6 Å². The van der Waals surface area contributed by atoms with E-state index < -0.39 is 5.97 Å². The monoisotopic (exact) mass is 375 g/mol. The fourth-order valence-electron chi connectivity index (χ4n) is 3.33. The molecule has 3 rings (SSSR count). The third-order valence-corrected chi connectivity index (χ3v) is 5.06. The number of nitrogens with zero attached hydrogens (tertiary/aromatic N) is 2. The van der Waals surface area contributed by atoms with E-state index in [0.29, 0.717) is 23.7 Å². The maximum absolute atomic E-state index is 12.1. The van der Waals surface area contributed by atoms with Crippen molar-refractivity contribution in [2.75, 3.05) is 13.7 Å². The van der Waals surface area contributed by atoms with Crippen LogP contribution in [0.5, 0.6) is 0 Å². The molecule has 0 aliphatic carbocycles. The summed E-state index contributed by atoms with van der Waals surface area (Å²) in [5.74, 6) is -0.414. The van der Waals surface area contributed by atoms with E-state index in [0.717, 1.165) is 39.0 Å². The van der Waals surface area contributed by atoms with Crippen molar-refractivity contribution in [2.24, 2.45) is 0 Å². The standard InChI is InChI=1S/C19H22ClN3O3/c1-10-12(3)22-23(8-5-9-24)18(10)16-13(20)6-7-14-15(16)11(2)17(21-14)19(25)26-4/h6-7,21,24H,5,8-9H2,1-4H3. The van der Waals surface area contributed by atoms with Crippen LogP contribution in [-0.4, -0.2) is 39.6 Å². The predicted octanol–water partition coefficient (Wildman–Crippen LogP) is 3.78. The number of aromatic nitrogens is 3. The summed E-state index contributed by atoms with van der Waals surface area (Å²) >= 11 is 6.60. The molecular formula is C19H22ClN3O3. The molecule has 0 radical (unpaired) electrons. The number of rotatable bonds is 5. The van der Waals surface area contributed by atoms with Gasteiger partial charge in [-0.3, -0.25) is 4.68 Å². The summed E-state index contributed by atoms with van der Waals surface area (Å²) in [6, 6.07) is 3.67.